The maximum Gasteiger partial charge on any atom is 3.00 e. The number of aliphatic carboxylic acids is 3. The second-order valence-corrected chi connectivity index (χ2v) is 2.74. The molecule has 0 saturated carbocycles. The van der Waals surface area contributed by atoms with Crippen LogP contribution in [0.3, 0.4) is 0 Å². The molecule has 0 rings (SSSR count). The summed E-state index contributed by atoms with van der Waals surface area (Å²) in [7, 11) is 0. The molecule has 0 aromatic heterocycles. The number of carboxylic acid groups (broad SMARTS) is 3. The summed E-state index contributed by atoms with van der Waals surface area (Å²) in [6.45, 7) is 5.19. The molecule has 0 atom stereocenters. The summed E-state index contributed by atoms with van der Waals surface area (Å²) in [5.41, 5.74) is 5.13. The number of rotatable bonds is 4. The third-order valence-electron chi connectivity index (χ3n) is 0.610. The van der Waals surface area contributed by atoms with Gasteiger partial charge in [-0.05, 0) is 20.8 Å². The van der Waals surface area contributed by atoms with E-state index in [1.165, 1.54) is 0 Å². The minimum atomic E-state index is -1.08. The third-order valence-corrected chi connectivity index (χ3v) is 0.610. The fourth-order valence-corrected chi connectivity index (χ4v) is 0.306. The van der Waals surface area contributed by atoms with Gasteiger partial charge in [0.25, 0.3) is 0 Å². The van der Waals surface area contributed by atoms with Crippen LogP contribution in [0.25, 0.3) is 0 Å². The standard InChI is InChI=1S/C4H12N2O.3C2H4O2.Ce/c5-1-2-6-3-4-7;3*1-2(3)4;/h6-7H,1-5H2;3*1H3,(H,3,4);/q;;;;+3/p-3. The van der Waals surface area contributed by atoms with Crippen LogP contribution >= 0.6 is 0 Å². The first kappa shape index (κ1) is 31.9. The minimum Gasteiger partial charge on any atom is -0.550 e. The van der Waals surface area contributed by atoms with Crippen molar-refractivity contribution in [1.29, 1.82) is 0 Å². The molecule has 0 aromatic rings. The molecule has 0 aliphatic carbocycles. The number of nitrogens with one attached hydrogen (secondary N) is 1. The summed E-state index contributed by atoms with van der Waals surface area (Å²) < 4.78 is 0. The van der Waals surface area contributed by atoms with Gasteiger partial charge >= 0.3 is 41.7 Å². The van der Waals surface area contributed by atoms with Crippen molar-refractivity contribution in [3.05, 3.63) is 0 Å². The number of hydrogen-bond acceptors (Lipinski definition) is 9. The molecule has 1 radical (unpaired) electrons. The van der Waals surface area contributed by atoms with Crippen LogP contribution in [-0.4, -0.2) is 49.3 Å². The van der Waals surface area contributed by atoms with Gasteiger partial charge in [-0.1, -0.05) is 0 Å². The van der Waals surface area contributed by atoms with E-state index in [4.69, 9.17) is 40.5 Å². The quantitative estimate of drug-likeness (QED) is 0.374. The Morgan fingerprint density at radius 2 is 1.20 bits per heavy atom. The molecular weight excluding hydrogens is 400 g/mol. The predicted octanol–water partition coefficient (Wildman–Crippen LogP) is -5.20. The molecular formula is C10H21CeN2O7. The average molecular weight is 421 g/mol. The van der Waals surface area contributed by atoms with Crippen molar-refractivity contribution in [2.45, 2.75) is 20.8 Å². The van der Waals surface area contributed by atoms with E-state index in [0.29, 0.717) is 13.1 Å². The molecule has 0 fully saturated rings. The summed E-state index contributed by atoms with van der Waals surface area (Å²) >= 11 is 0. The van der Waals surface area contributed by atoms with Crippen molar-refractivity contribution < 1.29 is 76.6 Å². The van der Waals surface area contributed by atoms with Gasteiger partial charge < -0.3 is 45.9 Å². The van der Waals surface area contributed by atoms with E-state index >= 15 is 0 Å². The van der Waals surface area contributed by atoms with Crippen molar-refractivity contribution >= 4 is 17.9 Å². The number of carbonyl (C=O) groups excluding carboxylic acids is 3. The number of aliphatic hydroxyl groups is 1. The summed E-state index contributed by atoms with van der Waals surface area (Å²) in [6, 6.07) is 0. The van der Waals surface area contributed by atoms with Gasteiger partial charge in [-0.3, -0.25) is 0 Å². The molecule has 0 aliphatic heterocycles. The van der Waals surface area contributed by atoms with E-state index in [-0.39, 0.29) is 48.4 Å². The SMILES string of the molecule is CC(=O)[O-].CC(=O)[O-].CC(=O)[O-].NCCNCCO.[Ce+3]. The van der Waals surface area contributed by atoms with Gasteiger partial charge in [-0.15, -0.1) is 0 Å². The smallest absolute Gasteiger partial charge is 0.550 e. The first-order valence-corrected chi connectivity index (χ1v) is 5.16. The second-order valence-electron chi connectivity index (χ2n) is 2.74. The van der Waals surface area contributed by atoms with Gasteiger partial charge in [0.05, 0.1) is 6.61 Å². The Morgan fingerprint density at radius 3 is 1.35 bits per heavy atom. The molecule has 10 heteroatoms. The van der Waals surface area contributed by atoms with Crippen LogP contribution < -0.4 is 26.4 Å². The topological polar surface area (TPSA) is 179 Å². The van der Waals surface area contributed by atoms with Crippen molar-refractivity contribution in [3.63, 3.8) is 0 Å². The molecule has 0 aromatic carbocycles. The van der Waals surface area contributed by atoms with Crippen molar-refractivity contribution in [2.75, 3.05) is 26.2 Å². The Hall–Kier alpha value is -0.333. The fraction of sp³-hybridized carbons (Fsp3) is 0.700. The van der Waals surface area contributed by atoms with Crippen LogP contribution in [0.4, 0.5) is 0 Å². The zero-order valence-electron chi connectivity index (χ0n) is 11.8. The fourth-order valence-electron chi connectivity index (χ4n) is 0.306. The Bertz CT molecular complexity index is 183. The van der Waals surface area contributed by atoms with Gasteiger partial charge in [0.1, 0.15) is 0 Å². The molecule has 0 heterocycles. The number of nitrogens with two attached hydrogens (primary N) is 1. The molecule has 0 bridgehead atoms. The molecule has 0 aliphatic rings. The van der Waals surface area contributed by atoms with Crippen LogP contribution in [-0.2, 0) is 14.4 Å². The average Bonchev–Trinajstić information content (AvgIpc) is 2.15. The molecule has 0 unspecified atom stereocenters. The van der Waals surface area contributed by atoms with Crippen LogP contribution in [0, 0.1) is 41.7 Å². The summed E-state index contributed by atoms with van der Waals surface area (Å²) in [4.78, 5) is 26.7. The number of carboxylic acids is 3. The van der Waals surface area contributed by atoms with Crippen LogP contribution in [0.15, 0.2) is 0 Å². The summed E-state index contributed by atoms with van der Waals surface area (Å²) in [5, 5.41) is 37.8. The molecule has 0 spiro atoms. The Labute approximate surface area is 151 Å². The molecule has 117 valence electrons. The molecule has 9 nitrogen and oxygen atoms in total. The van der Waals surface area contributed by atoms with E-state index in [1.807, 2.05) is 0 Å². The van der Waals surface area contributed by atoms with Crippen LogP contribution in [0.5, 0.6) is 0 Å². The maximum absolute atomic E-state index is 8.89. The van der Waals surface area contributed by atoms with Gasteiger partial charge in [-0.2, -0.15) is 0 Å². The van der Waals surface area contributed by atoms with E-state index in [1.54, 1.807) is 0 Å². The Kier molecular flexibility index (Phi) is 49.7. The van der Waals surface area contributed by atoms with Crippen LogP contribution in [0.2, 0.25) is 0 Å². The Morgan fingerprint density at radius 1 is 0.950 bits per heavy atom. The predicted molar refractivity (Wildman–Crippen MR) is 61.1 cm³/mol. The number of carbonyl (C=O) groups is 3. The molecule has 20 heavy (non-hydrogen) atoms. The first-order valence-electron chi connectivity index (χ1n) is 5.16. The van der Waals surface area contributed by atoms with Crippen molar-refractivity contribution in [3.8, 4) is 0 Å². The first-order chi connectivity index (χ1) is 8.61. The van der Waals surface area contributed by atoms with E-state index < -0.39 is 17.9 Å². The van der Waals surface area contributed by atoms with Gasteiger partial charge in [-0.25, -0.2) is 0 Å². The van der Waals surface area contributed by atoms with E-state index in [0.717, 1.165) is 27.3 Å². The third kappa shape index (κ3) is 365. The number of aliphatic hydroxyl groups excluding tert-OH is 1. The van der Waals surface area contributed by atoms with E-state index in [2.05, 4.69) is 5.32 Å². The minimum absolute atomic E-state index is 0. The largest absolute Gasteiger partial charge is 3.00 e. The normalized spacial score (nSPS) is 7.05. The monoisotopic (exact) mass is 421 g/mol. The molecule has 0 saturated heterocycles. The second kappa shape index (κ2) is 31.2. The molecule has 0 amide bonds. The number of hydrogen-bond donors (Lipinski definition) is 3. The van der Waals surface area contributed by atoms with Gasteiger partial charge in [0, 0.05) is 37.5 Å². The van der Waals surface area contributed by atoms with E-state index in [9.17, 15) is 0 Å². The van der Waals surface area contributed by atoms with Gasteiger partial charge in [0.2, 0.25) is 0 Å². The maximum atomic E-state index is 8.89. The molecule has 4 N–H and O–H groups in total. The van der Waals surface area contributed by atoms with Gasteiger partial charge in [0.15, 0.2) is 0 Å². The van der Waals surface area contributed by atoms with Crippen molar-refractivity contribution in [1.82, 2.24) is 5.32 Å². The summed E-state index contributed by atoms with van der Waals surface area (Å²) in [5.74, 6) is -3.25. The summed E-state index contributed by atoms with van der Waals surface area (Å²) in [6.07, 6.45) is 0. The Balaban J connectivity index is -0.0000000512. The van der Waals surface area contributed by atoms with Crippen LogP contribution in [0.1, 0.15) is 20.8 Å². The van der Waals surface area contributed by atoms with Crippen molar-refractivity contribution in [2.24, 2.45) is 5.73 Å². The zero-order valence-corrected chi connectivity index (χ0v) is 14.9. The zero-order chi connectivity index (χ0) is 16.3.